The van der Waals surface area contributed by atoms with Crippen molar-refractivity contribution in [2.24, 2.45) is 0 Å². The van der Waals surface area contributed by atoms with E-state index in [1.807, 2.05) is 6.92 Å². The first-order valence-corrected chi connectivity index (χ1v) is 8.00. The highest BCUT2D eigenvalue weighted by atomic mass is 16.5. The van der Waals surface area contributed by atoms with Gasteiger partial charge in [0.2, 0.25) is 0 Å². The Bertz CT molecular complexity index is 467. The zero-order valence-corrected chi connectivity index (χ0v) is 13.8. The molecule has 22 heavy (non-hydrogen) atoms. The van der Waals surface area contributed by atoms with E-state index in [4.69, 9.17) is 4.74 Å². The van der Waals surface area contributed by atoms with Gasteiger partial charge in [0.05, 0.1) is 12.6 Å². The minimum absolute atomic E-state index is 0.193. The zero-order chi connectivity index (χ0) is 15.9. The first-order chi connectivity index (χ1) is 10.6. The van der Waals surface area contributed by atoms with Crippen LogP contribution in [-0.2, 0) is 4.74 Å². The van der Waals surface area contributed by atoms with Gasteiger partial charge in [0.25, 0.3) is 0 Å². The van der Waals surface area contributed by atoms with E-state index >= 15 is 0 Å². The van der Waals surface area contributed by atoms with E-state index in [9.17, 15) is 4.79 Å². The Morgan fingerprint density at radius 1 is 1.23 bits per heavy atom. The standard InChI is InChI=1S/C17H27N3O2/c1-4-22-17(21)18-13-16(15-7-5-14(2)6-8-15)20-11-9-19(3)10-12-20/h5-8,16H,4,9-13H2,1-3H3,(H,18,21). The third-order valence-corrected chi connectivity index (χ3v) is 4.16. The van der Waals surface area contributed by atoms with E-state index in [-0.39, 0.29) is 12.1 Å². The number of benzene rings is 1. The Labute approximate surface area is 133 Å². The van der Waals surface area contributed by atoms with Crippen LogP contribution in [0.2, 0.25) is 0 Å². The summed E-state index contributed by atoms with van der Waals surface area (Å²) >= 11 is 0. The van der Waals surface area contributed by atoms with Crippen LogP contribution in [0.3, 0.4) is 0 Å². The molecule has 122 valence electrons. The highest BCUT2D eigenvalue weighted by Gasteiger charge is 2.24. The minimum Gasteiger partial charge on any atom is -0.450 e. The number of aryl methyl sites for hydroxylation is 1. The van der Waals surface area contributed by atoms with Crippen molar-refractivity contribution in [2.45, 2.75) is 19.9 Å². The Kier molecular flexibility index (Phi) is 6.21. The van der Waals surface area contributed by atoms with Crippen molar-refractivity contribution in [2.75, 3.05) is 46.4 Å². The Balaban J connectivity index is 2.06. The molecule has 0 aliphatic carbocycles. The molecule has 0 saturated carbocycles. The molecular weight excluding hydrogens is 278 g/mol. The largest absolute Gasteiger partial charge is 0.450 e. The average molecular weight is 305 g/mol. The maximum atomic E-state index is 11.6. The Morgan fingerprint density at radius 2 is 1.86 bits per heavy atom. The molecule has 1 aromatic carbocycles. The van der Waals surface area contributed by atoms with Crippen LogP contribution in [0.15, 0.2) is 24.3 Å². The predicted molar refractivity (Wildman–Crippen MR) is 88.0 cm³/mol. The SMILES string of the molecule is CCOC(=O)NCC(c1ccc(C)cc1)N1CCN(C)CC1. The van der Waals surface area contributed by atoms with Crippen molar-refractivity contribution in [1.82, 2.24) is 15.1 Å². The second kappa shape index (κ2) is 8.15. The van der Waals surface area contributed by atoms with Gasteiger partial charge in [0, 0.05) is 32.7 Å². The quantitative estimate of drug-likeness (QED) is 0.904. The second-order valence-electron chi connectivity index (χ2n) is 5.87. The summed E-state index contributed by atoms with van der Waals surface area (Å²) < 4.78 is 4.97. The van der Waals surface area contributed by atoms with Gasteiger partial charge >= 0.3 is 6.09 Å². The molecule has 0 aromatic heterocycles. The number of hydrogen-bond acceptors (Lipinski definition) is 4. The lowest BCUT2D eigenvalue weighted by Crippen LogP contribution is -2.48. The lowest BCUT2D eigenvalue weighted by molar-refractivity contribution is 0.105. The summed E-state index contributed by atoms with van der Waals surface area (Å²) in [5.41, 5.74) is 2.49. The molecule has 1 heterocycles. The van der Waals surface area contributed by atoms with Gasteiger partial charge in [0.1, 0.15) is 0 Å². The van der Waals surface area contributed by atoms with Gasteiger partial charge in [-0.25, -0.2) is 4.79 Å². The number of ether oxygens (including phenoxy) is 1. The fourth-order valence-corrected chi connectivity index (χ4v) is 2.74. The molecule has 2 rings (SSSR count). The smallest absolute Gasteiger partial charge is 0.407 e. The van der Waals surface area contributed by atoms with Gasteiger partial charge in [-0.1, -0.05) is 29.8 Å². The number of likely N-dealkylation sites (N-methyl/N-ethyl adjacent to an activating group) is 1. The van der Waals surface area contributed by atoms with Crippen LogP contribution in [0, 0.1) is 6.92 Å². The normalized spacial score (nSPS) is 18.0. The molecule has 1 saturated heterocycles. The number of nitrogens with one attached hydrogen (secondary N) is 1. The summed E-state index contributed by atoms with van der Waals surface area (Å²) in [5, 5.41) is 2.89. The fourth-order valence-electron chi connectivity index (χ4n) is 2.74. The van der Waals surface area contributed by atoms with Gasteiger partial charge in [-0.3, -0.25) is 4.90 Å². The molecule has 1 aliphatic heterocycles. The van der Waals surface area contributed by atoms with Crippen LogP contribution >= 0.6 is 0 Å². The summed E-state index contributed by atoms with van der Waals surface area (Å²) in [6.45, 7) is 9.02. The first-order valence-electron chi connectivity index (χ1n) is 8.00. The lowest BCUT2D eigenvalue weighted by Gasteiger charge is -2.38. The number of carbonyl (C=O) groups is 1. The molecule has 5 heteroatoms. The topological polar surface area (TPSA) is 44.8 Å². The maximum absolute atomic E-state index is 11.6. The lowest BCUT2D eigenvalue weighted by atomic mass is 10.0. The van der Waals surface area contributed by atoms with Crippen LogP contribution in [0.4, 0.5) is 4.79 Å². The van der Waals surface area contributed by atoms with Crippen LogP contribution in [0.5, 0.6) is 0 Å². The first kappa shape index (κ1) is 16.8. The van der Waals surface area contributed by atoms with Gasteiger partial charge in [-0.15, -0.1) is 0 Å². The van der Waals surface area contributed by atoms with Crippen molar-refractivity contribution < 1.29 is 9.53 Å². The number of alkyl carbamates (subject to hydrolysis) is 1. The molecule has 5 nitrogen and oxygen atoms in total. The van der Waals surface area contributed by atoms with Crippen molar-refractivity contribution in [3.63, 3.8) is 0 Å². The van der Waals surface area contributed by atoms with Crippen molar-refractivity contribution >= 4 is 6.09 Å². The third-order valence-electron chi connectivity index (χ3n) is 4.16. The molecule has 0 radical (unpaired) electrons. The Morgan fingerprint density at radius 3 is 2.45 bits per heavy atom. The van der Waals surface area contributed by atoms with Crippen molar-refractivity contribution in [3.05, 3.63) is 35.4 Å². The van der Waals surface area contributed by atoms with Gasteiger partial charge in [-0.05, 0) is 26.5 Å². The molecule has 0 bridgehead atoms. The van der Waals surface area contributed by atoms with Crippen LogP contribution < -0.4 is 5.32 Å². The molecule has 1 amide bonds. The number of rotatable bonds is 5. The summed E-state index contributed by atoms with van der Waals surface area (Å²) in [6.07, 6.45) is -0.339. The fraction of sp³-hybridized carbons (Fsp3) is 0.588. The number of amides is 1. The number of nitrogens with zero attached hydrogens (tertiary/aromatic N) is 2. The average Bonchev–Trinajstić information content (AvgIpc) is 2.51. The molecule has 1 atom stereocenters. The zero-order valence-electron chi connectivity index (χ0n) is 13.8. The summed E-state index contributed by atoms with van der Waals surface area (Å²) in [6, 6.07) is 8.76. The summed E-state index contributed by atoms with van der Waals surface area (Å²) in [7, 11) is 2.15. The van der Waals surface area contributed by atoms with Crippen molar-refractivity contribution in [1.29, 1.82) is 0 Å². The molecule has 1 N–H and O–H groups in total. The maximum Gasteiger partial charge on any atom is 0.407 e. The van der Waals surface area contributed by atoms with E-state index in [0.717, 1.165) is 26.2 Å². The molecule has 1 aromatic rings. The number of piperazine rings is 1. The van der Waals surface area contributed by atoms with E-state index < -0.39 is 0 Å². The number of hydrogen-bond donors (Lipinski definition) is 1. The summed E-state index contributed by atoms with van der Waals surface area (Å²) in [5.74, 6) is 0. The highest BCUT2D eigenvalue weighted by Crippen LogP contribution is 2.22. The second-order valence-corrected chi connectivity index (χ2v) is 5.87. The van der Waals surface area contributed by atoms with Crippen LogP contribution in [0.25, 0.3) is 0 Å². The van der Waals surface area contributed by atoms with E-state index in [1.54, 1.807) is 0 Å². The minimum atomic E-state index is -0.339. The molecule has 1 unspecified atom stereocenters. The van der Waals surface area contributed by atoms with Crippen molar-refractivity contribution in [3.8, 4) is 0 Å². The molecule has 0 spiro atoms. The third kappa shape index (κ3) is 4.71. The highest BCUT2D eigenvalue weighted by molar-refractivity contribution is 5.67. The summed E-state index contributed by atoms with van der Waals surface area (Å²) in [4.78, 5) is 16.4. The number of carbonyl (C=O) groups excluding carboxylic acids is 1. The molecular formula is C17H27N3O2. The van der Waals surface area contributed by atoms with E-state index in [0.29, 0.717) is 13.2 Å². The van der Waals surface area contributed by atoms with Crippen LogP contribution in [0.1, 0.15) is 24.1 Å². The van der Waals surface area contributed by atoms with E-state index in [2.05, 4.69) is 53.4 Å². The Hall–Kier alpha value is -1.59. The van der Waals surface area contributed by atoms with Gasteiger partial charge in [0.15, 0.2) is 0 Å². The molecule has 1 aliphatic rings. The van der Waals surface area contributed by atoms with Gasteiger partial charge in [-0.2, -0.15) is 0 Å². The van der Waals surface area contributed by atoms with Gasteiger partial charge < -0.3 is 15.0 Å². The molecule has 1 fully saturated rings. The van der Waals surface area contributed by atoms with Crippen LogP contribution in [-0.4, -0.2) is 62.3 Å². The van der Waals surface area contributed by atoms with E-state index in [1.165, 1.54) is 11.1 Å². The predicted octanol–water partition coefficient (Wildman–Crippen LogP) is 2.03. The monoisotopic (exact) mass is 305 g/mol.